The average Bonchev–Trinajstić information content (AvgIpc) is 2.28. The minimum atomic E-state index is -0.630. The Morgan fingerprint density at radius 1 is 1.44 bits per heavy atom. The van der Waals surface area contributed by atoms with Gasteiger partial charge in [-0.3, -0.25) is 0 Å². The summed E-state index contributed by atoms with van der Waals surface area (Å²) in [6.45, 7) is 4.71. The number of urea groups is 1. The molecule has 0 aliphatic heterocycles. The van der Waals surface area contributed by atoms with Gasteiger partial charge in [-0.15, -0.1) is 0 Å². The summed E-state index contributed by atoms with van der Waals surface area (Å²) in [6, 6.07) is 5.92. The van der Waals surface area contributed by atoms with Crippen LogP contribution in [0.5, 0.6) is 0 Å². The van der Waals surface area contributed by atoms with Gasteiger partial charge in [-0.05, 0) is 44.5 Å². The molecule has 0 fully saturated rings. The Kier molecular flexibility index (Phi) is 5.09. The molecule has 1 aromatic rings. The molecule has 0 aliphatic carbocycles. The van der Waals surface area contributed by atoms with Crippen LogP contribution in [0.1, 0.15) is 25.8 Å². The smallest absolute Gasteiger partial charge is 0.315 e. The number of nitrogens with one attached hydrogen (secondary N) is 2. The number of amides is 2. The zero-order valence-corrected chi connectivity index (χ0v) is 10.8. The summed E-state index contributed by atoms with van der Waals surface area (Å²) in [6.07, 6.45) is 0.730. The van der Waals surface area contributed by atoms with E-state index in [1.807, 2.05) is 13.8 Å². The summed E-state index contributed by atoms with van der Waals surface area (Å²) in [5.74, 6) is -0.314. The van der Waals surface area contributed by atoms with Crippen molar-refractivity contribution in [1.29, 1.82) is 0 Å². The first-order chi connectivity index (χ1) is 8.45. The molecule has 2 amide bonds. The number of halogens is 1. The average molecular weight is 253 g/mol. The maximum Gasteiger partial charge on any atom is 0.315 e. The predicted octanol–water partition coefficient (Wildman–Crippen LogP) is 1.71. The van der Waals surface area contributed by atoms with Gasteiger partial charge in [-0.1, -0.05) is 12.1 Å². The summed E-state index contributed by atoms with van der Waals surface area (Å²) < 4.78 is 13.1. The van der Waals surface area contributed by atoms with Crippen molar-refractivity contribution in [3.8, 4) is 0 Å². The summed E-state index contributed by atoms with van der Waals surface area (Å²) in [4.78, 5) is 11.6. The molecule has 4 nitrogen and oxygen atoms in total. The number of rotatable bonds is 5. The maximum absolute atomic E-state index is 13.1. The molecular formula is C13H20FN3O. The highest BCUT2D eigenvalue weighted by molar-refractivity contribution is 5.74. The van der Waals surface area contributed by atoms with Crippen molar-refractivity contribution in [2.75, 3.05) is 13.1 Å². The molecule has 0 bridgehead atoms. The molecule has 1 aromatic carbocycles. The Morgan fingerprint density at radius 2 is 2.17 bits per heavy atom. The second kappa shape index (κ2) is 6.35. The molecule has 0 radical (unpaired) electrons. The van der Waals surface area contributed by atoms with Crippen LogP contribution in [0.4, 0.5) is 9.18 Å². The summed E-state index contributed by atoms with van der Waals surface area (Å²) >= 11 is 0. The van der Waals surface area contributed by atoms with Gasteiger partial charge in [0.2, 0.25) is 0 Å². The Bertz CT molecular complexity index is 407. The molecule has 0 saturated carbocycles. The molecule has 0 saturated heterocycles. The Labute approximate surface area is 107 Å². The van der Waals surface area contributed by atoms with E-state index in [-0.39, 0.29) is 11.8 Å². The van der Waals surface area contributed by atoms with Crippen molar-refractivity contribution >= 4 is 6.03 Å². The lowest BCUT2D eigenvalue weighted by Crippen LogP contribution is -2.46. The number of hydrogen-bond donors (Lipinski definition) is 3. The first kappa shape index (κ1) is 14.4. The van der Waals surface area contributed by atoms with Crippen molar-refractivity contribution in [2.45, 2.75) is 25.8 Å². The van der Waals surface area contributed by atoms with Crippen LogP contribution in [-0.2, 0) is 5.54 Å². The first-order valence-corrected chi connectivity index (χ1v) is 5.98. The van der Waals surface area contributed by atoms with E-state index in [0.717, 1.165) is 12.0 Å². The lowest BCUT2D eigenvalue weighted by molar-refractivity contribution is 0.230. The van der Waals surface area contributed by atoms with Crippen LogP contribution in [0.3, 0.4) is 0 Å². The normalized spacial score (nSPS) is 11.1. The van der Waals surface area contributed by atoms with E-state index in [9.17, 15) is 9.18 Å². The molecule has 1 rings (SSSR count). The second-order valence-electron chi connectivity index (χ2n) is 4.66. The highest BCUT2D eigenvalue weighted by atomic mass is 19.1. The van der Waals surface area contributed by atoms with Crippen molar-refractivity contribution in [3.63, 3.8) is 0 Å². The molecule has 0 atom stereocenters. The van der Waals surface area contributed by atoms with Crippen LogP contribution < -0.4 is 16.4 Å². The zero-order valence-electron chi connectivity index (χ0n) is 10.8. The topological polar surface area (TPSA) is 67.2 Å². The van der Waals surface area contributed by atoms with Crippen LogP contribution >= 0.6 is 0 Å². The standard InChI is InChI=1S/C13H20FN3O/c1-13(2,10-5-3-6-11(14)9-10)17-12(18)16-8-4-7-15/h3,5-6,9H,4,7-8,15H2,1-2H3,(H2,16,17,18). The van der Waals surface area contributed by atoms with Crippen molar-refractivity contribution in [2.24, 2.45) is 5.73 Å². The van der Waals surface area contributed by atoms with Crippen LogP contribution in [0.15, 0.2) is 24.3 Å². The lowest BCUT2D eigenvalue weighted by atomic mass is 9.94. The predicted molar refractivity (Wildman–Crippen MR) is 69.6 cm³/mol. The SMILES string of the molecule is CC(C)(NC(=O)NCCCN)c1cccc(F)c1. The van der Waals surface area contributed by atoms with Crippen LogP contribution in [0.2, 0.25) is 0 Å². The zero-order chi connectivity index (χ0) is 13.6. The number of carbonyl (C=O) groups excluding carboxylic acids is 1. The fourth-order valence-electron chi connectivity index (χ4n) is 1.58. The molecule has 0 aromatic heterocycles. The van der Waals surface area contributed by atoms with Gasteiger partial charge in [-0.25, -0.2) is 9.18 Å². The quantitative estimate of drug-likeness (QED) is 0.699. The number of carbonyl (C=O) groups is 1. The van der Waals surface area contributed by atoms with E-state index >= 15 is 0 Å². The van der Waals surface area contributed by atoms with Gasteiger partial charge >= 0.3 is 6.03 Å². The molecule has 0 unspecified atom stereocenters. The third-order valence-electron chi connectivity index (χ3n) is 2.64. The van der Waals surface area contributed by atoms with Crippen LogP contribution in [0, 0.1) is 5.82 Å². The van der Waals surface area contributed by atoms with Gasteiger partial charge in [0, 0.05) is 6.54 Å². The fourth-order valence-corrected chi connectivity index (χ4v) is 1.58. The number of nitrogens with two attached hydrogens (primary N) is 1. The summed E-state index contributed by atoms with van der Waals surface area (Å²) in [5, 5.41) is 5.50. The van der Waals surface area contributed by atoms with E-state index in [1.165, 1.54) is 12.1 Å². The summed E-state index contributed by atoms with van der Waals surface area (Å²) in [5.41, 5.74) is 5.43. The molecule has 5 heteroatoms. The number of hydrogen-bond acceptors (Lipinski definition) is 2. The highest BCUT2D eigenvalue weighted by Gasteiger charge is 2.22. The molecule has 0 aliphatic rings. The molecule has 0 spiro atoms. The Morgan fingerprint density at radius 3 is 2.78 bits per heavy atom. The monoisotopic (exact) mass is 253 g/mol. The lowest BCUT2D eigenvalue weighted by Gasteiger charge is -2.27. The van der Waals surface area contributed by atoms with Crippen molar-refractivity contribution in [1.82, 2.24) is 10.6 Å². The van der Waals surface area contributed by atoms with Crippen LogP contribution in [-0.4, -0.2) is 19.1 Å². The van der Waals surface area contributed by atoms with E-state index in [1.54, 1.807) is 12.1 Å². The molecule has 18 heavy (non-hydrogen) atoms. The van der Waals surface area contributed by atoms with E-state index in [2.05, 4.69) is 10.6 Å². The largest absolute Gasteiger partial charge is 0.338 e. The van der Waals surface area contributed by atoms with E-state index < -0.39 is 5.54 Å². The highest BCUT2D eigenvalue weighted by Crippen LogP contribution is 2.20. The first-order valence-electron chi connectivity index (χ1n) is 5.98. The van der Waals surface area contributed by atoms with Gasteiger partial charge in [0.1, 0.15) is 5.82 Å². The molecular weight excluding hydrogens is 233 g/mol. The fraction of sp³-hybridized carbons (Fsp3) is 0.462. The van der Waals surface area contributed by atoms with Gasteiger partial charge in [0.05, 0.1) is 5.54 Å². The minimum absolute atomic E-state index is 0.280. The molecule has 0 heterocycles. The molecule has 4 N–H and O–H groups in total. The van der Waals surface area contributed by atoms with Crippen molar-refractivity contribution < 1.29 is 9.18 Å². The van der Waals surface area contributed by atoms with Gasteiger partial charge < -0.3 is 16.4 Å². The van der Waals surface area contributed by atoms with Gasteiger partial charge in [0.25, 0.3) is 0 Å². The third-order valence-corrected chi connectivity index (χ3v) is 2.64. The second-order valence-corrected chi connectivity index (χ2v) is 4.66. The minimum Gasteiger partial charge on any atom is -0.338 e. The van der Waals surface area contributed by atoms with Gasteiger partial charge in [-0.2, -0.15) is 0 Å². The van der Waals surface area contributed by atoms with Crippen molar-refractivity contribution in [3.05, 3.63) is 35.6 Å². The number of benzene rings is 1. The van der Waals surface area contributed by atoms with Crippen LogP contribution in [0.25, 0.3) is 0 Å². The van der Waals surface area contributed by atoms with E-state index in [0.29, 0.717) is 13.1 Å². The third kappa shape index (κ3) is 4.33. The Hall–Kier alpha value is -1.62. The maximum atomic E-state index is 13.1. The summed E-state index contributed by atoms with van der Waals surface area (Å²) in [7, 11) is 0. The van der Waals surface area contributed by atoms with E-state index in [4.69, 9.17) is 5.73 Å². The molecule has 100 valence electrons. The Balaban J connectivity index is 2.61. The van der Waals surface area contributed by atoms with Gasteiger partial charge in [0.15, 0.2) is 0 Å².